The van der Waals surface area contributed by atoms with Crippen LogP contribution in [0, 0.1) is 27.7 Å². The monoisotopic (exact) mass is 612 g/mol. The third kappa shape index (κ3) is 6.02. The van der Waals surface area contributed by atoms with E-state index < -0.39 is 47.6 Å². The normalized spacial score (nSPS) is 18.1. The predicted octanol–water partition coefficient (Wildman–Crippen LogP) is 7.50. The van der Waals surface area contributed by atoms with Gasteiger partial charge >= 0.3 is 24.3 Å². The second-order valence-corrected chi connectivity index (χ2v) is 9.76. The number of aliphatic carboxylic acids is 2. The average Bonchev–Trinajstić information content (AvgIpc) is 2.83. The molecule has 0 fully saturated rings. The summed E-state index contributed by atoms with van der Waals surface area (Å²) < 4.78 is 87.2. The van der Waals surface area contributed by atoms with Crippen molar-refractivity contribution in [2.75, 3.05) is 0 Å². The van der Waals surface area contributed by atoms with E-state index in [4.69, 9.17) is 42.9 Å². The fraction of sp³-hybridized carbons (Fsp3) is 0.308. The Bertz CT molecular complexity index is 1350. The SMILES string of the molecule is Cc1c(Cl)cc2c(c1C)OC(C(F)(F)F)C(C(=O)O)=C2.Cc1c(Cl)cc2c(c1C)OC(C(F)(F)F)C(C(=O)O)=C2. The number of carboxylic acid groups (broad SMARTS) is 2. The molecular formula is C26H20Cl2F6O6. The summed E-state index contributed by atoms with van der Waals surface area (Å²) in [6.07, 6.45) is -12.7. The van der Waals surface area contributed by atoms with Crippen LogP contribution in [0.5, 0.6) is 11.5 Å². The van der Waals surface area contributed by atoms with Gasteiger partial charge in [-0.15, -0.1) is 0 Å². The van der Waals surface area contributed by atoms with Crippen LogP contribution in [0.2, 0.25) is 10.0 Å². The van der Waals surface area contributed by atoms with Crippen molar-refractivity contribution in [3.8, 4) is 11.5 Å². The van der Waals surface area contributed by atoms with E-state index in [0.717, 1.165) is 12.2 Å². The molecule has 0 aromatic heterocycles. The molecule has 0 saturated carbocycles. The summed E-state index contributed by atoms with van der Waals surface area (Å²) in [5, 5.41) is 18.5. The van der Waals surface area contributed by atoms with Crippen LogP contribution in [-0.2, 0) is 9.59 Å². The first-order chi connectivity index (χ1) is 18.2. The number of ether oxygens (including phenoxy) is 2. The average molecular weight is 613 g/mol. The standard InChI is InChI=1S/2C13H10ClF3O3/c2*1-5-6(2)10-7(4-9(5)14)3-8(12(18)19)11(20-10)13(15,16)17/h2*3-4,11H,1-2H3,(H,18,19). The van der Waals surface area contributed by atoms with Crippen molar-refractivity contribution in [3.63, 3.8) is 0 Å². The summed E-state index contributed by atoms with van der Waals surface area (Å²) in [7, 11) is 0. The second-order valence-electron chi connectivity index (χ2n) is 8.94. The zero-order valence-corrected chi connectivity index (χ0v) is 22.5. The Morgan fingerprint density at radius 3 is 1.23 bits per heavy atom. The van der Waals surface area contributed by atoms with Gasteiger partial charge in [-0.2, -0.15) is 26.3 Å². The minimum Gasteiger partial charge on any atom is -0.478 e. The molecule has 0 aliphatic carbocycles. The molecule has 2 aromatic carbocycles. The largest absolute Gasteiger partial charge is 0.478 e. The maximum atomic E-state index is 12.9. The molecule has 0 spiro atoms. The number of alkyl halides is 6. The molecule has 40 heavy (non-hydrogen) atoms. The predicted molar refractivity (Wildman–Crippen MR) is 134 cm³/mol. The Morgan fingerprint density at radius 1 is 0.675 bits per heavy atom. The number of fused-ring (bicyclic) bond motifs is 2. The number of benzene rings is 2. The van der Waals surface area contributed by atoms with Crippen LogP contribution < -0.4 is 9.47 Å². The van der Waals surface area contributed by atoms with Crippen LogP contribution >= 0.6 is 23.2 Å². The van der Waals surface area contributed by atoms with Gasteiger partial charge < -0.3 is 19.7 Å². The Labute approximate surface area is 233 Å². The first-order valence-electron chi connectivity index (χ1n) is 11.2. The molecule has 2 heterocycles. The van der Waals surface area contributed by atoms with Crippen molar-refractivity contribution in [1.29, 1.82) is 0 Å². The lowest BCUT2D eigenvalue weighted by Crippen LogP contribution is -2.40. The molecule has 0 amide bonds. The molecule has 0 radical (unpaired) electrons. The number of rotatable bonds is 2. The lowest BCUT2D eigenvalue weighted by atomic mass is 9.97. The molecule has 6 nitrogen and oxygen atoms in total. The summed E-state index contributed by atoms with van der Waals surface area (Å²) in [6.45, 7) is 6.46. The third-order valence-electron chi connectivity index (χ3n) is 6.36. The second kappa shape index (κ2) is 10.9. The van der Waals surface area contributed by atoms with Crippen molar-refractivity contribution in [2.24, 2.45) is 0 Å². The minimum absolute atomic E-state index is 0.0132. The van der Waals surface area contributed by atoms with Crippen LogP contribution in [-0.4, -0.2) is 46.7 Å². The lowest BCUT2D eigenvalue weighted by molar-refractivity contribution is -0.187. The van der Waals surface area contributed by atoms with Gasteiger partial charge in [-0.05, 0) is 74.2 Å². The van der Waals surface area contributed by atoms with Crippen LogP contribution in [0.3, 0.4) is 0 Å². The van der Waals surface area contributed by atoms with Gasteiger partial charge in [-0.25, -0.2) is 9.59 Å². The Morgan fingerprint density at radius 2 is 0.975 bits per heavy atom. The molecule has 2 N–H and O–H groups in total. The smallest absolute Gasteiger partial charge is 0.430 e. The van der Waals surface area contributed by atoms with Gasteiger partial charge in [0.15, 0.2) is 0 Å². The van der Waals surface area contributed by atoms with E-state index in [1.807, 2.05) is 0 Å². The highest BCUT2D eigenvalue weighted by molar-refractivity contribution is 6.32. The molecule has 14 heteroatoms. The van der Waals surface area contributed by atoms with Gasteiger partial charge in [0.1, 0.15) is 11.5 Å². The fourth-order valence-electron chi connectivity index (χ4n) is 3.96. The molecule has 2 aliphatic heterocycles. The number of halogens is 8. The minimum atomic E-state index is -4.80. The Balaban J connectivity index is 0.000000220. The van der Waals surface area contributed by atoms with E-state index in [-0.39, 0.29) is 22.6 Å². The highest BCUT2D eigenvalue weighted by atomic mass is 35.5. The molecule has 2 unspecified atom stereocenters. The molecular weight excluding hydrogens is 593 g/mol. The summed E-state index contributed by atoms with van der Waals surface area (Å²) in [5.41, 5.74) is 0.863. The van der Waals surface area contributed by atoms with Gasteiger partial charge in [-0.3, -0.25) is 0 Å². The van der Waals surface area contributed by atoms with E-state index in [9.17, 15) is 35.9 Å². The Kier molecular flexibility index (Phi) is 8.48. The van der Waals surface area contributed by atoms with Gasteiger partial charge in [0.2, 0.25) is 12.2 Å². The molecule has 2 aliphatic rings. The van der Waals surface area contributed by atoms with Gasteiger partial charge in [0.05, 0.1) is 11.1 Å². The molecule has 0 bridgehead atoms. The van der Waals surface area contributed by atoms with Gasteiger partial charge in [0.25, 0.3) is 0 Å². The van der Waals surface area contributed by atoms with Crippen molar-refractivity contribution in [3.05, 3.63) is 66.7 Å². The maximum Gasteiger partial charge on any atom is 0.430 e. The zero-order chi connectivity index (χ0) is 30.5. The summed E-state index contributed by atoms with van der Waals surface area (Å²) >= 11 is 11.9. The zero-order valence-electron chi connectivity index (χ0n) is 21.0. The van der Waals surface area contributed by atoms with Crippen molar-refractivity contribution >= 4 is 47.3 Å². The first-order valence-corrected chi connectivity index (χ1v) is 12.0. The number of carboxylic acids is 2. The molecule has 216 valence electrons. The van der Waals surface area contributed by atoms with E-state index in [1.165, 1.54) is 12.1 Å². The summed E-state index contributed by atoms with van der Waals surface area (Å²) in [6, 6.07) is 2.80. The number of hydrogen-bond acceptors (Lipinski definition) is 4. The number of carbonyl (C=O) groups is 2. The molecule has 4 rings (SSSR count). The van der Waals surface area contributed by atoms with Crippen molar-refractivity contribution in [1.82, 2.24) is 0 Å². The van der Waals surface area contributed by atoms with E-state index in [1.54, 1.807) is 27.7 Å². The third-order valence-corrected chi connectivity index (χ3v) is 7.14. The van der Waals surface area contributed by atoms with Gasteiger partial charge in [0, 0.05) is 21.2 Å². The van der Waals surface area contributed by atoms with E-state index >= 15 is 0 Å². The molecule has 2 aromatic rings. The van der Waals surface area contributed by atoms with Crippen LogP contribution in [0.25, 0.3) is 12.2 Å². The van der Waals surface area contributed by atoms with E-state index in [2.05, 4.69) is 0 Å². The highest BCUT2D eigenvalue weighted by Gasteiger charge is 2.49. The quantitative estimate of drug-likeness (QED) is 0.341. The van der Waals surface area contributed by atoms with Crippen molar-refractivity contribution < 1.29 is 55.6 Å². The van der Waals surface area contributed by atoms with Crippen LogP contribution in [0.4, 0.5) is 26.3 Å². The summed E-state index contributed by atoms with van der Waals surface area (Å²) in [5.74, 6) is -3.32. The summed E-state index contributed by atoms with van der Waals surface area (Å²) in [4.78, 5) is 22.0. The fourth-order valence-corrected chi connectivity index (χ4v) is 4.48. The highest BCUT2D eigenvalue weighted by Crippen LogP contribution is 2.43. The first kappa shape index (κ1) is 31.2. The maximum absolute atomic E-state index is 12.9. The van der Waals surface area contributed by atoms with E-state index in [0.29, 0.717) is 32.3 Å². The van der Waals surface area contributed by atoms with Crippen molar-refractivity contribution in [2.45, 2.75) is 52.3 Å². The molecule has 0 saturated heterocycles. The molecule has 2 atom stereocenters. The lowest BCUT2D eigenvalue weighted by Gasteiger charge is -2.28. The van der Waals surface area contributed by atoms with Crippen LogP contribution in [0.15, 0.2) is 23.3 Å². The van der Waals surface area contributed by atoms with Gasteiger partial charge in [-0.1, -0.05) is 23.2 Å². The Hall–Kier alpha value is -3.38. The number of hydrogen-bond donors (Lipinski definition) is 2. The van der Waals surface area contributed by atoms with Crippen LogP contribution in [0.1, 0.15) is 33.4 Å². The topological polar surface area (TPSA) is 93.1 Å².